The molecule has 0 aliphatic carbocycles. The summed E-state index contributed by atoms with van der Waals surface area (Å²) in [7, 11) is 0. The summed E-state index contributed by atoms with van der Waals surface area (Å²) in [5.41, 5.74) is 10.1. The summed E-state index contributed by atoms with van der Waals surface area (Å²) >= 11 is 0. The lowest BCUT2D eigenvalue weighted by Gasteiger charge is -2.39. The van der Waals surface area contributed by atoms with E-state index in [-0.39, 0.29) is 11.7 Å². The summed E-state index contributed by atoms with van der Waals surface area (Å²) in [6.45, 7) is 6.03. The summed E-state index contributed by atoms with van der Waals surface area (Å²) in [6, 6.07) is 24.6. The van der Waals surface area contributed by atoms with Gasteiger partial charge in [-0.2, -0.15) is 0 Å². The van der Waals surface area contributed by atoms with Crippen LogP contribution < -0.4 is 15.4 Å². The molecule has 2 aliphatic rings. The molecule has 1 saturated heterocycles. The topological polar surface area (TPSA) is 82.7 Å². The van der Waals surface area contributed by atoms with Gasteiger partial charge in [0, 0.05) is 29.8 Å². The predicted molar refractivity (Wildman–Crippen MR) is 143 cm³/mol. The van der Waals surface area contributed by atoms with Crippen molar-refractivity contribution in [2.45, 2.75) is 64.4 Å². The van der Waals surface area contributed by atoms with Gasteiger partial charge in [0.2, 0.25) is 6.10 Å². The molecule has 3 atom stereocenters. The zero-order valence-electron chi connectivity index (χ0n) is 21.0. The zero-order valence-corrected chi connectivity index (χ0v) is 21.0. The first-order chi connectivity index (χ1) is 17.4. The molecule has 1 fully saturated rings. The van der Waals surface area contributed by atoms with Crippen molar-refractivity contribution in [2.24, 2.45) is 5.73 Å². The van der Waals surface area contributed by atoms with Crippen LogP contribution in [0.1, 0.15) is 61.5 Å². The Kier molecular flexibility index (Phi) is 6.79. The molecular formula is C30H34N4O2. The van der Waals surface area contributed by atoms with Gasteiger partial charge in [-0.25, -0.2) is 0 Å². The van der Waals surface area contributed by atoms with Crippen LogP contribution in [0.25, 0.3) is 0 Å². The van der Waals surface area contributed by atoms with Crippen molar-refractivity contribution in [1.29, 1.82) is 5.41 Å². The van der Waals surface area contributed by atoms with E-state index in [1.807, 2.05) is 35.2 Å². The van der Waals surface area contributed by atoms with Gasteiger partial charge in [-0.3, -0.25) is 15.1 Å². The van der Waals surface area contributed by atoms with Crippen LogP contribution in [0.5, 0.6) is 5.75 Å². The van der Waals surface area contributed by atoms with Crippen molar-refractivity contribution in [3.63, 3.8) is 0 Å². The number of benzene rings is 3. The van der Waals surface area contributed by atoms with Gasteiger partial charge in [-0.15, -0.1) is 0 Å². The second-order valence-corrected chi connectivity index (χ2v) is 10.1. The molecule has 2 heterocycles. The third-order valence-corrected chi connectivity index (χ3v) is 7.46. The third-order valence-electron chi connectivity index (χ3n) is 7.46. The lowest BCUT2D eigenvalue weighted by atomic mass is 9.96. The molecule has 5 rings (SSSR count). The summed E-state index contributed by atoms with van der Waals surface area (Å²) in [6.07, 6.45) is 3.00. The average Bonchev–Trinajstić information content (AvgIpc) is 2.88. The molecule has 0 aromatic heterocycles. The maximum Gasteiger partial charge on any atom is 0.273 e. The number of likely N-dealkylation sites (tertiary alicyclic amines) is 1. The van der Waals surface area contributed by atoms with Gasteiger partial charge in [-0.05, 0) is 56.0 Å². The Morgan fingerprint density at radius 3 is 2.39 bits per heavy atom. The van der Waals surface area contributed by atoms with Crippen molar-refractivity contribution in [3.05, 3.63) is 95.1 Å². The second-order valence-electron chi connectivity index (χ2n) is 10.1. The number of nitrogen functional groups attached to an aromatic ring is 1. The number of anilines is 1. The number of rotatable bonds is 6. The number of nitrogens with two attached hydrogens (primary N) is 1. The number of fused-ring (bicyclic) bond motifs is 1. The third kappa shape index (κ3) is 4.86. The quantitative estimate of drug-likeness (QED) is 0.364. The summed E-state index contributed by atoms with van der Waals surface area (Å²) in [5.74, 6) is 0.507. The molecule has 0 radical (unpaired) electrons. The Morgan fingerprint density at radius 2 is 1.64 bits per heavy atom. The largest absolute Gasteiger partial charge is 0.474 e. The highest BCUT2D eigenvalue weighted by molar-refractivity contribution is 6.01. The second kappa shape index (κ2) is 10.2. The van der Waals surface area contributed by atoms with E-state index in [1.165, 1.54) is 24.8 Å². The van der Waals surface area contributed by atoms with Gasteiger partial charge in [-0.1, -0.05) is 61.0 Å². The average molecular weight is 483 g/mol. The molecule has 186 valence electrons. The Hall–Kier alpha value is -3.64. The zero-order chi connectivity index (χ0) is 25.2. The molecular weight excluding hydrogens is 448 g/mol. The van der Waals surface area contributed by atoms with Crippen molar-refractivity contribution >= 4 is 17.4 Å². The SMILES string of the molecule is CC1CCCC(C)N1Cc1cccc(CN2C(=O)C(c3cccc(C(=N)N)c3)Oc3ccccc32)c1. The predicted octanol–water partition coefficient (Wildman–Crippen LogP) is 5.40. The molecule has 1 amide bonds. The number of hydrogen-bond acceptors (Lipinski definition) is 4. The minimum Gasteiger partial charge on any atom is -0.474 e. The monoisotopic (exact) mass is 482 g/mol. The number of hydrogen-bond donors (Lipinski definition) is 2. The van der Waals surface area contributed by atoms with Crippen LogP contribution in [0.3, 0.4) is 0 Å². The Morgan fingerprint density at radius 1 is 0.944 bits per heavy atom. The normalized spacial score (nSPS) is 22.1. The summed E-state index contributed by atoms with van der Waals surface area (Å²) in [4.78, 5) is 18.2. The van der Waals surface area contributed by atoms with Gasteiger partial charge < -0.3 is 15.4 Å². The Bertz CT molecular complexity index is 1260. The molecule has 6 nitrogen and oxygen atoms in total. The van der Waals surface area contributed by atoms with Gasteiger partial charge in [0.15, 0.2) is 0 Å². The highest BCUT2D eigenvalue weighted by atomic mass is 16.5. The van der Waals surface area contributed by atoms with E-state index in [0.29, 0.717) is 35.5 Å². The number of piperidine rings is 1. The van der Waals surface area contributed by atoms with Crippen LogP contribution >= 0.6 is 0 Å². The van der Waals surface area contributed by atoms with Gasteiger partial charge in [0.1, 0.15) is 11.6 Å². The first kappa shape index (κ1) is 24.1. The fourth-order valence-corrected chi connectivity index (χ4v) is 5.47. The van der Waals surface area contributed by atoms with E-state index >= 15 is 0 Å². The fourth-order valence-electron chi connectivity index (χ4n) is 5.47. The molecule has 3 aromatic rings. The highest BCUT2D eigenvalue weighted by Crippen LogP contribution is 2.39. The van der Waals surface area contributed by atoms with Crippen molar-refractivity contribution < 1.29 is 9.53 Å². The number of amidine groups is 1. The first-order valence-electron chi connectivity index (χ1n) is 12.8. The summed E-state index contributed by atoms with van der Waals surface area (Å²) < 4.78 is 6.17. The number of amides is 1. The maximum atomic E-state index is 13.8. The molecule has 0 bridgehead atoms. The molecule has 3 unspecified atom stereocenters. The number of nitrogens with one attached hydrogen (secondary N) is 1. The van der Waals surface area contributed by atoms with Gasteiger partial charge in [0.25, 0.3) is 5.91 Å². The molecule has 36 heavy (non-hydrogen) atoms. The van der Waals surface area contributed by atoms with Crippen LogP contribution in [0.4, 0.5) is 5.69 Å². The standard InChI is InChI=1S/C30H34N4O2/c1-20-8-5-9-21(2)33(20)18-22-10-6-11-23(16-22)19-34-26-14-3-4-15-27(26)36-28(30(34)35)24-12-7-13-25(17-24)29(31)32/h3-4,6-7,10-17,20-21,28H,5,8-9,18-19H2,1-2H3,(H3,31,32). The van der Waals surface area contributed by atoms with Gasteiger partial charge >= 0.3 is 0 Å². The molecule has 3 aromatic carbocycles. The van der Waals surface area contributed by atoms with Crippen LogP contribution in [-0.2, 0) is 17.9 Å². The van der Waals surface area contributed by atoms with Crippen molar-refractivity contribution in [1.82, 2.24) is 4.90 Å². The highest BCUT2D eigenvalue weighted by Gasteiger charge is 2.35. The minimum atomic E-state index is -0.794. The first-order valence-corrected chi connectivity index (χ1v) is 12.8. The van der Waals surface area contributed by atoms with Gasteiger partial charge in [0.05, 0.1) is 12.2 Å². The fraction of sp³-hybridized carbons (Fsp3) is 0.333. The number of ether oxygens (including phenoxy) is 1. The minimum absolute atomic E-state index is 0.0356. The number of carbonyl (C=O) groups is 1. The molecule has 0 saturated carbocycles. The smallest absolute Gasteiger partial charge is 0.273 e. The Balaban J connectivity index is 1.42. The van der Waals surface area contributed by atoms with Crippen LogP contribution in [-0.4, -0.2) is 28.7 Å². The molecule has 2 aliphatic heterocycles. The van der Waals surface area contributed by atoms with E-state index in [4.69, 9.17) is 15.9 Å². The lowest BCUT2D eigenvalue weighted by molar-refractivity contribution is -0.126. The Labute approximate surface area is 213 Å². The maximum absolute atomic E-state index is 13.8. The van der Waals surface area contributed by atoms with E-state index in [9.17, 15) is 4.79 Å². The lowest BCUT2D eigenvalue weighted by Crippen LogP contribution is -2.43. The van der Waals surface area contributed by atoms with Crippen LogP contribution in [0.2, 0.25) is 0 Å². The summed E-state index contributed by atoms with van der Waals surface area (Å²) in [5, 5.41) is 7.78. The van der Waals surface area contributed by atoms with E-state index in [2.05, 4.69) is 43.0 Å². The van der Waals surface area contributed by atoms with E-state index < -0.39 is 6.10 Å². The molecule has 3 N–H and O–H groups in total. The number of para-hydroxylation sites is 2. The van der Waals surface area contributed by atoms with Crippen molar-refractivity contribution in [2.75, 3.05) is 4.90 Å². The van der Waals surface area contributed by atoms with Crippen molar-refractivity contribution in [3.8, 4) is 5.75 Å². The molecule has 6 heteroatoms. The molecule has 0 spiro atoms. The number of nitrogens with zero attached hydrogens (tertiary/aromatic N) is 2. The van der Waals surface area contributed by atoms with E-state index in [1.54, 1.807) is 18.2 Å². The van der Waals surface area contributed by atoms with Crippen LogP contribution in [0, 0.1) is 5.41 Å². The van der Waals surface area contributed by atoms with E-state index in [0.717, 1.165) is 17.8 Å². The number of carbonyl (C=O) groups excluding carboxylic acids is 1. The van der Waals surface area contributed by atoms with Crippen LogP contribution in [0.15, 0.2) is 72.8 Å².